The maximum atomic E-state index is 9.40. The van der Waals surface area contributed by atoms with Crippen LogP contribution in [0.4, 0.5) is 0 Å². The molecule has 0 N–H and O–H groups in total. The van der Waals surface area contributed by atoms with Gasteiger partial charge in [0.15, 0.2) is 0 Å². The summed E-state index contributed by atoms with van der Waals surface area (Å²) in [6, 6.07) is 0. The Balaban J connectivity index is 3.82. The van der Waals surface area contributed by atoms with E-state index < -0.39 is 0 Å². The van der Waals surface area contributed by atoms with E-state index in [9.17, 15) is 4.79 Å². The fourth-order valence-electron chi connectivity index (χ4n) is 0.116. The Labute approximate surface area is 41.8 Å². The number of aliphatic imine (C=N–C) groups is 2. The van der Waals surface area contributed by atoms with Gasteiger partial charge in [-0.05, 0) is 6.92 Å². The number of hydrogen-bond donors (Lipinski definition) is 0. The van der Waals surface area contributed by atoms with Crippen LogP contribution in [0, 0.1) is 0 Å². The van der Waals surface area contributed by atoms with Gasteiger partial charge in [-0.2, -0.15) is 4.99 Å². The molecule has 3 heteroatoms. The molecule has 0 bridgehead atoms. The molecular formula is C4H6N2O. The summed E-state index contributed by atoms with van der Waals surface area (Å²) in [5.41, 5.74) is 0. The third-order valence-electron chi connectivity index (χ3n) is 0.531. The van der Waals surface area contributed by atoms with Crippen molar-refractivity contribution < 1.29 is 4.79 Å². The Morgan fingerprint density at radius 1 is 1.71 bits per heavy atom. The van der Waals surface area contributed by atoms with Gasteiger partial charge in [0, 0.05) is 7.05 Å². The minimum Gasteiger partial charge on any atom is -0.273 e. The number of rotatable bonds is 0. The summed E-state index contributed by atoms with van der Waals surface area (Å²) >= 11 is 0. The first-order valence-corrected chi connectivity index (χ1v) is 1.82. The molecule has 0 heterocycles. The first kappa shape index (κ1) is 6.05. The zero-order valence-corrected chi connectivity index (χ0v) is 4.30. The predicted molar refractivity (Wildman–Crippen MR) is 27.2 cm³/mol. The van der Waals surface area contributed by atoms with Crippen LogP contribution in [0.15, 0.2) is 9.98 Å². The van der Waals surface area contributed by atoms with Crippen molar-refractivity contribution in [2.75, 3.05) is 7.05 Å². The Hall–Kier alpha value is -0.950. The van der Waals surface area contributed by atoms with Gasteiger partial charge >= 0.3 is 0 Å². The maximum absolute atomic E-state index is 9.40. The molecule has 0 saturated heterocycles. The van der Waals surface area contributed by atoms with Crippen LogP contribution in [0.2, 0.25) is 0 Å². The lowest BCUT2D eigenvalue weighted by Crippen LogP contribution is -1.80. The van der Waals surface area contributed by atoms with E-state index in [4.69, 9.17) is 0 Å². The highest BCUT2D eigenvalue weighted by Crippen LogP contribution is 1.70. The molecule has 0 aromatic carbocycles. The molecule has 0 atom stereocenters. The highest BCUT2D eigenvalue weighted by molar-refractivity contribution is 5.84. The van der Waals surface area contributed by atoms with Crippen LogP contribution in [-0.4, -0.2) is 19.0 Å². The lowest BCUT2D eigenvalue weighted by Gasteiger charge is -1.75. The lowest BCUT2D eigenvalue weighted by atomic mass is 10.7. The minimum absolute atomic E-state index is 0.454. The number of hydrogen-bond acceptors (Lipinski definition) is 2. The molecule has 0 aliphatic heterocycles. The largest absolute Gasteiger partial charge is 0.273 e. The first-order valence-electron chi connectivity index (χ1n) is 1.82. The van der Waals surface area contributed by atoms with Crippen LogP contribution >= 0.6 is 0 Å². The number of nitrogens with zero attached hydrogens (tertiary/aromatic N) is 2. The Kier molecular flexibility index (Phi) is 2.81. The third-order valence-corrected chi connectivity index (χ3v) is 0.531. The van der Waals surface area contributed by atoms with Crippen LogP contribution in [-0.2, 0) is 4.79 Å². The lowest BCUT2D eigenvalue weighted by molar-refractivity contribution is 0.565. The summed E-state index contributed by atoms with van der Waals surface area (Å²) < 4.78 is 0. The van der Waals surface area contributed by atoms with Gasteiger partial charge in [-0.3, -0.25) is 4.99 Å². The van der Waals surface area contributed by atoms with Gasteiger partial charge in [0.05, 0.1) is 0 Å². The third kappa shape index (κ3) is 2.86. The summed E-state index contributed by atoms with van der Waals surface area (Å²) in [5, 5.41) is 0. The van der Waals surface area contributed by atoms with Crippen LogP contribution in [0.25, 0.3) is 0 Å². The van der Waals surface area contributed by atoms with E-state index >= 15 is 0 Å². The molecule has 0 unspecified atom stereocenters. The summed E-state index contributed by atoms with van der Waals surface area (Å²) in [6.07, 6.45) is 1.36. The second kappa shape index (κ2) is 3.25. The van der Waals surface area contributed by atoms with Crippen molar-refractivity contribution in [3.05, 3.63) is 0 Å². The van der Waals surface area contributed by atoms with Gasteiger partial charge in [-0.15, -0.1) is 0 Å². The minimum atomic E-state index is 0.454. The monoisotopic (exact) mass is 98.0 g/mol. The van der Waals surface area contributed by atoms with Crippen LogP contribution in [0.3, 0.4) is 0 Å². The highest BCUT2D eigenvalue weighted by Gasteiger charge is 1.74. The van der Waals surface area contributed by atoms with Crippen molar-refractivity contribution >= 4 is 11.9 Å². The van der Waals surface area contributed by atoms with Crippen molar-refractivity contribution in [1.82, 2.24) is 0 Å². The molecule has 0 aromatic heterocycles. The quantitative estimate of drug-likeness (QED) is 0.245. The molecule has 0 spiro atoms. The van der Waals surface area contributed by atoms with Gasteiger partial charge in [-0.25, -0.2) is 4.79 Å². The van der Waals surface area contributed by atoms with Crippen molar-refractivity contribution in [3.63, 3.8) is 0 Å². The molecule has 0 saturated carbocycles. The van der Waals surface area contributed by atoms with E-state index in [0.29, 0.717) is 5.84 Å². The summed E-state index contributed by atoms with van der Waals surface area (Å²) in [7, 11) is 1.57. The maximum Gasteiger partial charge on any atom is 0.241 e. The number of amidine groups is 1. The molecule has 38 valence electrons. The molecule has 0 amide bonds. The number of isocyanates is 1. The molecule has 0 aliphatic carbocycles. The standard InChI is InChI=1S/C4H6N2O/c1-4(5-2)6-3-7/h1-2H3/b5-4+. The Morgan fingerprint density at radius 2 is 2.29 bits per heavy atom. The predicted octanol–water partition coefficient (Wildman–Crippen LogP) is 0.370. The van der Waals surface area contributed by atoms with Crippen LogP contribution in [0.1, 0.15) is 6.92 Å². The highest BCUT2D eigenvalue weighted by atomic mass is 16.1. The summed E-state index contributed by atoms with van der Waals surface area (Å²) in [4.78, 5) is 16.2. The van der Waals surface area contributed by atoms with E-state index in [2.05, 4.69) is 9.98 Å². The molecule has 0 fully saturated rings. The Bertz CT molecular complexity index is 122. The smallest absolute Gasteiger partial charge is 0.241 e. The van der Waals surface area contributed by atoms with Crippen molar-refractivity contribution in [2.24, 2.45) is 9.98 Å². The average Bonchev–Trinajstić information content (AvgIpc) is 1.68. The van der Waals surface area contributed by atoms with E-state index in [1.807, 2.05) is 0 Å². The second-order valence-corrected chi connectivity index (χ2v) is 0.974. The van der Waals surface area contributed by atoms with Gasteiger partial charge in [0.1, 0.15) is 5.84 Å². The van der Waals surface area contributed by atoms with Gasteiger partial charge < -0.3 is 0 Å². The SMILES string of the molecule is C/N=C(\C)N=C=O. The molecule has 0 radical (unpaired) electrons. The molecule has 0 rings (SSSR count). The molecule has 0 aliphatic rings. The van der Waals surface area contributed by atoms with E-state index in [-0.39, 0.29) is 0 Å². The summed E-state index contributed by atoms with van der Waals surface area (Å²) in [6.45, 7) is 1.63. The average molecular weight is 98.1 g/mol. The first-order chi connectivity index (χ1) is 3.31. The van der Waals surface area contributed by atoms with E-state index in [1.54, 1.807) is 14.0 Å². The zero-order valence-electron chi connectivity index (χ0n) is 4.30. The van der Waals surface area contributed by atoms with Crippen molar-refractivity contribution in [3.8, 4) is 0 Å². The van der Waals surface area contributed by atoms with Crippen molar-refractivity contribution in [2.45, 2.75) is 6.92 Å². The normalized spacial score (nSPS) is 10.3. The van der Waals surface area contributed by atoms with Crippen molar-refractivity contribution in [1.29, 1.82) is 0 Å². The molecule has 3 nitrogen and oxygen atoms in total. The van der Waals surface area contributed by atoms with E-state index in [1.165, 1.54) is 6.08 Å². The second-order valence-electron chi connectivity index (χ2n) is 0.974. The molecular weight excluding hydrogens is 92.1 g/mol. The van der Waals surface area contributed by atoms with Gasteiger partial charge in [0.25, 0.3) is 0 Å². The van der Waals surface area contributed by atoms with Crippen LogP contribution in [0.5, 0.6) is 0 Å². The van der Waals surface area contributed by atoms with Crippen LogP contribution < -0.4 is 0 Å². The Morgan fingerprint density at radius 3 is 2.43 bits per heavy atom. The topological polar surface area (TPSA) is 41.8 Å². The molecule has 0 aromatic rings. The fraction of sp³-hybridized carbons (Fsp3) is 0.500. The fourth-order valence-corrected chi connectivity index (χ4v) is 0.116. The summed E-state index contributed by atoms with van der Waals surface area (Å²) in [5.74, 6) is 0.454. The van der Waals surface area contributed by atoms with Gasteiger partial charge in [-0.1, -0.05) is 0 Å². The number of carbonyl (C=O) groups excluding carboxylic acids is 1. The van der Waals surface area contributed by atoms with E-state index in [0.717, 1.165) is 0 Å². The zero-order chi connectivity index (χ0) is 5.70. The van der Waals surface area contributed by atoms with Gasteiger partial charge in [0.2, 0.25) is 6.08 Å². The molecule has 7 heavy (non-hydrogen) atoms.